The molecule has 0 rings (SSSR count). The van der Waals surface area contributed by atoms with Crippen LogP contribution in [0, 0.1) is 0 Å². The van der Waals surface area contributed by atoms with Crippen LogP contribution in [0.2, 0.25) is 0 Å². The number of hydrogen-bond donors (Lipinski definition) is 1. The highest BCUT2D eigenvalue weighted by molar-refractivity contribution is 7.85. The monoisotopic (exact) mass is 418 g/mol. The Balaban J connectivity index is 3.03. The normalized spacial score (nSPS) is 11.9. The van der Waals surface area contributed by atoms with Gasteiger partial charge in [0.1, 0.15) is 0 Å². The molecular formula is C24H50O3S. The third kappa shape index (κ3) is 25.9. The second-order valence-electron chi connectivity index (χ2n) is 8.71. The summed E-state index contributed by atoms with van der Waals surface area (Å²) in [5.74, 6) is -0.0773. The van der Waals surface area contributed by atoms with Crippen molar-refractivity contribution in [2.75, 3.05) is 5.75 Å². The maximum Gasteiger partial charge on any atom is 0.264 e. The van der Waals surface area contributed by atoms with Gasteiger partial charge in [-0.2, -0.15) is 8.42 Å². The fourth-order valence-corrected chi connectivity index (χ4v) is 4.46. The summed E-state index contributed by atoms with van der Waals surface area (Å²) in [5, 5.41) is 0. The van der Waals surface area contributed by atoms with Crippen LogP contribution in [0.1, 0.15) is 148 Å². The Morgan fingerprint density at radius 3 is 0.857 bits per heavy atom. The van der Waals surface area contributed by atoms with E-state index in [9.17, 15) is 8.42 Å². The van der Waals surface area contributed by atoms with E-state index in [-0.39, 0.29) is 5.75 Å². The van der Waals surface area contributed by atoms with E-state index in [1.54, 1.807) is 0 Å². The van der Waals surface area contributed by atoms with Crippen molar-refractivity contribution in [2.45, 2.75) is 148 Å². The van der Waals surface area contributed by atoms with Crippen molar-refractivity contribution >= 4 is 10.1 Å². The fourth-order valence-electron chi connectivity index (χ4n) is 3.89. The summed E-state index contributed by atoms with van der Waals surface area (Å²) in [5.41, 5.74) is 0. The Labute approximate surface area is 177 Å². The molecule has 1 N–H and O–H groups in total. The molecule has 0 aliphatic rings. The van der Waals surface area contributed by atoms with Crippen LogP contribution in [0.3, 0.4) is 0 Å². The quantitative estimate of drug-likeness (QED) is 0.134. The zero-order valence-electron chi connectivity index (χ0n) is 18.9. The van der Waals surface area contributed by atoms with Gasteiger partial charge < -0.3 is 0 Å². The van der Waals surface area contributed by atoms with E-state index >= 15 is 0 Å². The zero-order chi connectivity index (χ0) is 20.8. The summed E-state index contributed by atoms with van der Waals surface area (Å²) >= 11 is 0. The third-order valence-corrected chi connectivity index (χ3v) is 6.56. The highest BCUT2D eigenvalue weighted by atomic mass is 32.2. The van der Waals surface area contributed by atoms with E-state index in [1.165, 1.54) is 122 Å². The molecule has 0 fully saturated rings. The average Bonchev–Trinajstić information content (AvgIpc) is 2.65. The molecule has 0 amide bonds. The van der Waals surface area contributed by atoms with Gasteiger partial charge >= 0.3 is 0 Å². The van der Waals surface area contributed by atoms with Crippen LogP contribution < -0.4 is 0 Å². The van der Waals surface area contributed by atoms with Crippen molar-refractivity contribution in [2.24, 2.45) is 0 Å². The summed E-state index contributed by atoms with van der Waals surface area (Å²) in [4.78, 5) is 0. The number of rotatable bonds is 23. The molecule has 0 aliphatic carbocycles. The van der Waals surface area contributed by atoms with Gasteiger partial charge in [-0.3, -0.25) is 4.55 Å². The Morgan fingerprint density at radius 1 is 0.429 bits per heavy atom. The van der Waals surface area contributed by atoms with Crippen LogP contribution in [0.15, 0.2) is 0 Å². The van der Waals surface area contributed by atoms with Gasteiger partial charge in [0.05, 0.1) is 5.75 Å². The van der Waals surface area contributed by atoms with Crippen molar-refractivity contribution in [3.8, 4) is 0 Å². The van der Waals surface area contributed by atoms with Crippen molar-refractivity contribution in [1.29, 1.82) is 0 Å². The van der Waals surface area contributed by atoms with E-state index in [0.717, 1.165) is 12.8 Å². The van der Waals surface area contributed by atoms with E-state index in [0.29, 0.717) is 6.42 Å². The van der Waals surface area contributed by atoms with Gasteiger partial charge in [-0.1, -0.05) is 142 Å². The minimum Gasteiger partial charge on any atom is -0.286 e. The Bertz CT molecular complexity index is 393. The van der Waals surface area contributed by atoms with E-state index in [2.05, 4.69) is 6.92 Å². The van der Waals surface area contributed by atoms with Crippen molar-refractivity contribution < 1.29 is 13.0 Å². The van der Waals surface area contributed by atoms with Gasteiger partial charge in [0, 0.05) is 0 Å². The Morgan fingerprint density at radius 2 is 0.643 bits per heavy atom. The van der Waals surface area contributed by atoms with Crippen LogP contribution in [-0.4, -0.2) is 18.7 Å². The fraction of sp³-hybridized carbons (Fsp3) is 1.00. The van der Waals surface area contributed by atoms with Gasteiger partial charge in [0.2, 0.25) is 0 Å². The molecule has 0 saturated carbocycles. The van der Waals surface area contributed by atoms with E-state index in [1.807, 2.05) is 0 Å². The molecule has 28 heavy (non-hydrogen) atoms. The van der Waals surface area contributed by atoms with Crippen LogP contribution in [0.4, 0.5) is 0 Å². The third-order valence-electron chi connectivity index (χ3n) is 5.76. The first-order chi connectivity index (χ1) is 13.6. The summed E-state index contributed by atoms with van der Waals surface area (Å²) in [6.07, 6.45) is 29.1. The van der Waals surface area contributed by atoms with Gasteiger partial charge in [-0.15, -0.1) is 0 Å². The standard InChI is InChI=1S/C24H50O3S/c1-2-3-4-5-6-7-8-9-10-11-12-13-14-15-16-17-18-19-20-21-22-23-24-28(25,26)27/h2-24H2,1H3,(H,25,26,27). The van der Waals surface area contributed by atoms with Gasteiger partial charge in [0.25, 0.3) is 10.1 Å². The Hall–Kier alpha value is -0.0900. The lowest BCUT2D eigenvalue weighted by atomic mass is 10.0. The lowest BCUT2D eigenvalue weighted by Gasteiger charge is -2.04. The maximum absolute atomic E-state index is 10.6. The van der Waals surface area contributed by atoms with Gasteiger partial charge in [0.15, 0.2) is 0 Å². The largest absolute Gasteiger partial charge is 0.286 e. The average molecular weight is 419 g/mol. The highest BCUT2D eigenvalue weighted by Crippen LogP contribution is 2.15. The summed E-state index contributed by atoms with van der Waals surface area (Å²) in [6.45, 7) is 2.28. The molecule has 0 unspecified atom stereocenters. The predicted molar refractivity (Wildman–Crippen MR) is 124 cm³/mol. The van der Waals surface area contributed by atoms with Gasteiger partial charge in [-0.25, -0.2) is 0 Å². The summed E-state index contributed by atoms with van der Waals surface area (Å²) in [6, 6.07) is 0. The van der Waals surface area contributed by atoms with Crippen molar-refractivity contribution in [3.63, 3.8) is 0 Å². The summed E-state index contributed by atoms with van der Waals surface area (Å²) in [7, 11) is -3.75. The number of unbranched alkanes of at least 4 members (excludes halogenated alkanes) is 21. The molecule has 0 aliphatic heterocycles. The first-order valence-corrected chi connectivity index (χ1v) is 14.1. The molecule has 0 radical (unpaired) electrons. The topological polar surface area (TPSA) is 54.4 Å². The molecule has 0 atom stereocenters. The minimum absolute atomic E-state index is 0.0773. The second kappa shape index (κ2) is 21.6. The summed E-state index contributed by atoms with van der Waals surface area (Å²) < 4.78 is 29.8. The molecule has 0 aromatic rings. The lowest BCUT2D eigenvalue weighted by Crippen LogP contribution is -2.03. The zero-order valence-corrected chi connectivity index (χ0v) is 19.8. The van der Waals surface area contributed by atoms with E-state index < -0.39 is 10.1 Å². The van der Waals surface area contributed by atoms with Crippen LogP contribution in [0.25, 0.3) is 0 Å². The van der Waals surface area contributed by atoms with Crippen molar-refractivity contribution in [3.05, 3.63) is 0 Å². The second-order valence-corrected chi connectivity index (χ2v) is 10.3. The molecule has 170 valence electrons. The van der Waals surface area contributed by atoms with Crippen LogP contribution in [-0.2, 0) is 10.1 Å². The van der Waals surface area contributed by atoms with Crippen LogP contribution >= 0.6 is 0 Å². The molecule has 0 heterocycles. The SMILES string of the molecule is CCCCCCCCCCCCCCCCCCCCCCCCS(=O)(=O)O. The minimum atomic E-state index is -3.75. The lowest BCUT2D eigenvalue weighted by molar-refractivity contribution is 0.478. The molecule has 0 aromatic heterocycles. The maximum atomic E-state index is 10.6. The molecule has 4 heteroatoms. The Kier molecular flexibility index (Phi) is 21.5. The molecule has 0 bridgehead atoms. The number of hydrogen-bond acceptors (Lipinski definition) is 2. The highest BCUT2D eigenvalue weighted by Gasteiger charge is 2.02. The first-order valence-electron chi connectivity index (χ1n) is 12.5. The molecule has 0 saturated heterocycles. The smallest absolute Gasteiger partial charge is 0.264 e. The molecule has 0 spiro atoms. The van der Waals surface area contributed by atoms with Crippen molar-refractivity contribution in [1.82, 2.24) is 0 Å². The van der Waals surface area contributed by atoms with E-state index in [4.69, 9.17) is 4.55 Å². The predicted octanol–water partition coefficient (Wildman–Crippen LogP) is 8.48. The van der Waals surface area contributed by atoms with Gasteiger partial charge in [-0.05, 0) is 6.42 Å². The molecule has 3 nitrogen and oxygen atoms in total. The molecular weight excluding hydrogens is 368 g/mol. The van der Waals surface area contributed by atoms with Crippen LogP contribution in [0.5, 0.6) is 0 Å². The first kappa shape index (κ1) is 27.9. The molecule has 0 aromatic carbocycles.